The summed E-state index contributed by atoms with van der Waals surface area (Å²) in [4.78, 5) is 41.7. The summed E-state index contributed by atoms with van der Waals surface area (Å²) in [5.74, 6) is -2.26. The summed E-state index contributed by atoms with van der Waals surface area (Å²) in [5, 5.41) is 11.8. The molecule has 0 saturated carbocycles. The number of rotatable bonds is 4. The van der Waals surface area contributed by atoms with E-state index in [1.54, 1.807) is 17.9 Å². The van der Waals surface area contributed by atoms with Gasteiger partial charge in [-0.1, -0.05) is 6.07 Å². The van der Waals surface area contributed by atoms with E-state index in [2.05, 4.69) is 10.3 Å². The first-order valence-electron chi connectivity index (χ1n) is 8.92. The molecule has 2 N–H and O–H groups in total. The van der Waals surface area contributed by atoms with E-state index in [1.165, 1.54) is 30.3 Å². The van der Waals surface area contributed by atoms with E-state index in [0.717, 1.165) is 0 Å². The number of nitrogens with zero attached hydrogens (tertiary/aromatic N) is 2. The molecule has 0 aliphatic carbocycles. The fraction of sp³-hybridized carbons (Fsp3) is 0.300. The topological polar surface area (TPSA) is 99.6 Å². The number of carboxylic acids is 1. The molecule has 146 valence electrons. The van der Waals surface area contributed by atoms with Gasteiger partial charge in [0.1, 0.15) is 11.5 Å². The highest BCUT2D eigenvalue weighted by molar-refractivity contribution is 5.95. The van der Waals surface area contributed by atoms with Gasteiger partial charge in [-0.05, 0) is 50.1 Å². The number of likely N-dealkylation sites (tertiary alicyclic amines) is 1. The van der Waals surface area contributed by atoms with Crippen LogP contribution in [0.4, 0.5) is 10.1 Å². The Morgan fingerprint density at radius 3 is 2.50 bits per heavy atom. The molecular weight excluding hydrogens is 365 g/mol. The number of hydrogen-bond acceptors (Lipinski definition) is 4. The normalized spacial score (nSPS) is 14.6. The van der Waals surface area contributed by atoms with Crippen molar-refractivity contribution in [1.82, 2.24) is 9.88 Å². The van der Waals surface area contributed by atoms with Gasteiger partial charge in [0.2, 0.25) is 5.91 Å². The van der Waals surface area contributed by atoms with E-state index >= 15 is 0 Å². The molecule has 1 aliphatic heterocycles. The zero-order valence-corrected chi connectivity index (χ0v) is 15.3. The van der Waals surface area contributed by atoms with Crippen molar-refractivity contribution in [1.29, 1.82) is 0 Å². The molecule has 2 amide bonds. The maximum absolute atomic E-state index is 13.2. The smallest absolute Gasteiger partial charge is 0.337 e. The first-order chi connectivity index (χ1) is 13.3. The molecule has 0 radical (unpaired) electrons. The van der Waals surface area contributed by atoms with Crippen LogP contribution in [0, 0.1) is 18.7 Å². The standard InChI is InChI=1S/C20H20FN3O4/c1-12-16(20(27)28)5-6-17(22-12)19(26)24-9-7-13(8-10-24)18(25)23-15-4-2-3-14(21)11-15/h2-6,11,13H,7-10H2,1H3,(H,23,25)(H,27,28). The number of anilines is 1. The van der Waals surface area contributed by atoms with Gasteiger partial charge >= 0.3 is 5.97 Å². The van der Waals surface area contributed by atoms with Crippen LogP contribution in [0.1, 0.15) is 39.4 Å². The minimum Gasteiger partial charge on any atom is -0.478 e. The number of pyridine rings is 1. The lowest BCUT2D eigenvalue weighted by Crippen LogP contribution is -2.41. The van der Waals surface area contributed by atoms with Gasteiger partial charge in [-0.2, -0.15) is 0 Å². The van der Waals surface area contributed by atoms with E-state index in [4.69, 9.17) is 5.11 Å². The Labute approximate surface area is 161 Å². The number of benzene rings is 1. The second-order valence-electron chi connectivity index (χ2n) is 6.70. The molecular formula is C20H20FN3O4. The number of aryl methyl sites for hydroxylation is 1. The van der Waals surface area contributed by atoms with Crippen LogP contribution >= 0.6 is 0 Å². The quantitative estimate of drug-likeness (QED) is 0.843. The maximum atomic E-state index is 13.2. The summed E-state index contributed by atoms with van der Waals surface area (Å²) in [7, 11) is 0. The maximum Gasteiger partial charge on any atom is 0.337 e. The van der Waals surface area contributed by atoms with Crippen molar-refractivity contribution in [3.05, 3.63) is 59.2 Å². The molecule has 2 heterocycles. The van der Waals surface area contributed by atoms with Crippen LogP contribution < -0.4 is 5.32 Å². The number of amides is 2. The van der Waals surface area contributed by atoms with Crippen molar-refractivity contribution in [2.75, 3.05) is 18.4 Å². The molecule has 0 unspecified atom stereocenters. The van der Waals surface area contributed by atoms with Crippen LogP contribution in [0.5, 0.6) is 0 Å². The fourth-order valence-electron chi connectivity index (χ4n) is 3.22. The van der Waals surface area contributed by atoms with Crippen LogP contribution in [0.15, 0.2) is 36.4 Å². The van der Waals surface area contributed by atoms with Gasteiger partial charge in [0, 0.05) is 24.7 Å². The predicted octanol–water partition coefficient (Wildman–Crippen LogP) is 2.72. The van der Waals surface area contributed by atoms with Crippen molar-refractivity contribution in [2.45, 2.75) is 19.8 Å². The molecule has 2 aromatic rings. The zero-order chi connectivity index (χ0) is 20.3. The Bertz CT molecular complexity index is 923. The number of nitrogens with one attached hydrogen (secondary N) is 1. The second kappa shape index (κ2) is 8.16. The molecule has 3 rings (SSSR count). The Morgan fingerprint density at radius 2 is 1.89 bits per heavy atom. The summed E-state index contributed by atoms with van der Waals surface area (Å²) in [6.45, 7) is 2.33. The number of aromatic carboxylic acids is 1. The first-order valence-corrected chi connectivity index (χ1v) is 8.92. The number of halogens is 1. The van der Waals surface area contributed by atoms with Crippen LogP contribution in [-0.2, 0) is 4.79 Å². The van der Waals surface area contributed by atoms with Crippen LogP contribution in [0.3, 0.4) is 0 Å². The number of carbonyl (C=O) groups is 3. The van der Waals surface area contributed by atoms with Crippen molar-refractivity contribution in [2.24, 2.45) is 5.92 Å². The highest BCUT2D eigenvalue weighted by Crippen LogP contribution is 2.21. The fourth-order valence-corrected chi connectivity index (χ4v) is 3.22. The second-order valence-corrected chi connectivity index (χ2v) is 6.70. The van der Waals surface area contributed by atoms with E-state index in [9.17, 15) is 18.8 Å². The summed E-state index contributed by atoms with van der Waals surface area (Å²) in [6.07, 6.45) is 0.970. The van der Waals surface area contributed by atoms with Gasteiger partial charge < -0.3 is 15.3 Å². The van der Waals surface area contributed by atoms with Gasteiger partial charge in [0.15, 0.2) is 0 Å². The van der Waals surface area contributed by atoms with Gasteiger partial charge in [0.25, 0.3) is 5.91 Å². The zero-order valence-electron chi connectivity index (χ0n) is 15.3. The average molecular weight is 385 g/mol. The lowest BCUT2D eigenvalue weighted by atomic mass is 9.95. The highest BCUT2D eigenvalue weighted by atomic mass is 19.1. The molecule has 1 saturated heterocycles. The summed E-state index contributed by atoms with van der Waals surface area (Å²) in [5.41, 5.74) is 0.929. The molecule has 7 nitrogen and oxygen atoms in total. The highest BCUT2D eigenvalue weighted by Gasteiger charge is 2.28. The molecule has 1 aliphatic rings. The van der Waals surface area contributed by atoms with E-state index < -0.39 is 11.8 Å². The minimum atomic E-state index is -1.09. The molecule has 1 aromatic heterocycles. The number of carbonyl (C=O) groups excluding carboxylic acids is 2. The molecule has 0 bridgehead atoms. The number of hydrogen-bond donors (Lipinski definition) is 2. The molecule has 1 aromatic carbocycles. The average Bonchev–Trinajstić information content (AvgIpc) is 2.67. The summed E-state index contributed by atoms with van der Waals surface area (Å²) in [6, 6.07) is 8.48. The molecule has 0 atom stereocenters. The Kier molecular flexibility index (Phi) is 5.67. The van der Waals surface area contributed by atoms with E-state index in [1.807, 2.05) is 0 Å². The Morgan fingerprint density at radius 1 is 1.18 bits per heavy atom. The monoisotopic (exact) mass is 385 g/mol. The third-order valence-electron chi connectivity index (χ3n) is 4.78. The lowest BCUT2D eigenvalue weighted by Gasteiger charge is -2.31. The third kappa shape index (κ3) is 4.33. The summed E-state index contributed by atoms with van der Waals surface area (Å²) < 4.78 is 13.2. The van der Waals surface area contributed by atoms with Crippen LogP contribution in [0.2, 0.25) is 0 Å². The Hall–Kier alpha value is -3.29. The van der Waals surface area contributed by atoms with Crippen molar-refractivity contribution >= 4 is 23.5 Å². The van der Waals surface area contributed by atoms with Gasteiger partial charge in [-0.15, -0.1) is 0 Å². The van der Waals surface area contributed by atoms with Gasteiger partial charge in [0.05, 0.1) is 11.3 Å². The van der Waals surface area contributed by atoms with Crippen molar-refractivity contribution in [3.8, 4) is 0 Å². The predicted molar refractivity (Wildman–Crippen MR) is 99.6 cm³/mol. The molecule has 8 heteroatoms. The van der Waals surface area contributed by atoms with Crippen LogP contribution in [0.25, 0.3) is 0 Å². The van der Waals surface area contributed by atoms with E-state index in [-0.39, 0.29) is 34.7 Å². The number of piperidine rings is 1. The van der Waals surface area contributed by atoms with Gasteiger partial charge in [-0.25, -0.2) is 14.2 Å². The van der Waals surface area contributed by atoms with Crippen LogP contribution in [-0.4, -0.2) is 45.9 Å². The first kappa shape index (κ1) is 19.5. The van der Waals surface area contributed by atoms with Crippen molar-refractivity contribution in [3.63, 3.8) is 0 Å². The third-order valence-corrected chi connectivity index (χ3v) is 4.78. The SMILES string of the molecule is Cc1nc(C(=O)N2CCC(C(=O)Nc3cccc(F)c3)CC2)ccc1C(=O)O. The molecule has 1 fully saturated rings. The Balaban J connectivity index is 1.58. The number of carboxylic acid groups (broad SMARTS) is 1. The summed E-state index contributed by atoms with van der Waals surface area (Å²) >= 11 is 0. The lowest BCUT2D eigenvalue weighted by molar-refractivity contribution is -0.121. The van der Waals surface area contributed by atoms with Gasteiger partial charge in [-0.3, -0.25) is 9.59 Å². The largest absolute Gasteiger partial charge is 0.478 e. The molecule has 0 spiro atoms. The minimum absolute atomic E-state index is 0.0595. The molecule has 28 heavy (non-hydrogen) atoms. The van der Waals surface area contributed by atoms with E-state index in [0.29, 0.717) is 31.6 Å². The number of aromatic nitrogens is 1. The van der Waals surface area contributed by atoms with Crippen molar-refractivity contribution < 1.29 is 23.9 Å².